The van der Waals surface area contributed by atoms with Crippen molar-refractivity contribution in [2.75, 3.05) is 7.11 Å². The monoisotopic (exact) mass is 329 g/mol. The predicted molar refractivity (Wildman–Crippen MR) is 96.1 cm³/mol. The molecule has 4 heteroatoms. The molecule has 0 saturated heterocycles. The molecular weight excluding hydrogens is 310 g/mol. The number of oxime groups is 1. The maximum absolute atomic E-state index is 5.88. The Bertz CT molecular complexity index is 706. The highest BCUT2D eigenvalue weighted by molar-refractivity contribution is 6.30. The first-order chi connectivity index (χ1) is 11.1. The zero-order valence-electron chi connectivity index (χ0n) is 13.5. The molecule has 0 heterocycles. The second-order valence-electron chi connectivity index (χ2n) is 5.15. The third-order valence-electron chi connectivity index (χ3n) is 3.48. The average Bonchev–Trinajstić information content (AvgIpc) is 2.55. The largest absolute Gasteiger partial charge is 0.496 e. The number of benzene rings is 2. The smallest absolute Gasteiger partial charge is 0.145 e. The highest BCUT2D eigenvalue weighted by Crippen LogP contribution is 2.23. The Labute approximate surface area is 142 Å². The molecule has 0 spiro atoms. The second-order valence-corrected chi connectivity index (χ2v) is 5.59. The Balaban J connectivity index is 1.93. The molecule has 0 atom stereocenters. The topological polar surface area (TPSA) is 30.8 Å². The number of nitrogens with zero attached hydrogens (tertiary/aromatic N) is 1. The molecule has 0 amide bonds. The normalized spacial score (nSPS) is 11.7. The van der Waals surface area contributed by atoms with E-state index in [1.165, 1.54) is 0 Å². The lowest BCUT2D eigenvalue weighted by Crippen LogP contribution is -1.95. The number of methoxy groups -OCH3 is 1. The maximum Gasteiger partial charge on any atom is 0.145 e. The highest BCUT2D eigenvalue weighted by Gasteiger charge is 2.05. The minimum absolute atomic E-state index is 0.370. The van der Waals surface area contributed by atoms with E-state index in [0.29, 0.717) is 6.61 Å². The minimum atomic E-state index is 0.370. The number of hydrogen-bond acceptors (Lipinski definition) is 3. The highest BCUT2D eigenvalue weighted by atomic mass is 35.5. The Morgan fingerprint density at radius 2 is 1.91 bits per heavy atom. The Morgan fingerprint density at radius 1 is 1.17 bits per heavy atom. The number of halogens is 1. The molecule has 0 fully saturated rings. The lowest BCUT2D eigenvalue weighted by atomic mass is 10.1. The summed E-state index contributed by atoms with van der Waals surface area (Å²) < 4.78 is 5.38. The minimum Gasteiger partial charge on any atom is -0.496 e. The van der Waals surface area contributed by atoms with Gasteiger partial charge in [0.2, 0.25) is 0 Å². The van der Waals surface area contributed by atoms with E-state index in [1.54, 1.807) is 13.3 Å². The summed E-state index contributed by atoms with van der Waals surface area (Å²) in [5, 5.41) is 4.70. The van der Waals surface area contributed by atoms with Gasteiger partial charge in [-0.25, -0.2) is 0 Å². The number of para-hydroxylation sites is 1. The third-order valence-corrected chi connectivity index (χ3v) is 3.73. The van der Waals surface area contributed by atoms with Crippen molar-refractivity contribution < 1.29 is 9.57 Å². The zero-order chi connectivity index (χ0) is 16.7. The van der Waals surface area contributed by atoms with Crippen molar-refractivity contribution >= 4 is 23.4 Å². The van der Waals surface area contributed by atoms with Crippen LogP contribution in [0.25, 0.3) is 5.57 Å². The van der Waals surface area contributed by atoms with E-state index in [1.807, 2.05) is 62.4 Å². The van der Waals surface area contributed by atoms with Crippen LogP contribution in [0.1, 0.15) is 23.6 Å². The van der Waals surface area contributed by atoms with Crippen molar-refractivity contribution in [2.45, 2.75) is 20.5 Å². The fraction of sp³-hybridized carbons (Fsp3) is 0.211. The summed E-state index contributed by atoms with van der Waals surface area (Å²) in [6, 6.07) is 13.6. The Hall–Kier alpha value is -2.26. The average molecular weight is 330 g/mol. The molecule has 0 aliphatic carbocycles. The van der Waals surface area contributed by atoms with Crippen molar-refractivity contribution in [2.24, 2.45) is 5.16 Å². The molecule has 23 heavy (non-hydrogen) atoms. The molecule has 2 rings (SSSR count). The summed E-state index contributed by atoms with van der Waals surface area (Å²) in [6.07, 6.45) is 3.54. The van der Waals surface area contributed by atoms with Gasteiger partial charge in [-0.3, -0.25) is 0 Å². The predicted octanol–water partition coefficient (Wildman–Crippen LogP) is 5.26. The number of hydrogen-bond donors (Lipinski definition) is 0. The summed E-state index contributed by atoms with van der Waals surface area (Å²) in [4.78, 5) is 5.35. The van der Waals surface area contributed by atoms with Crippen LogP contribution in [0.5, 0.6) is 5.75 Å². The molecule has 0 saturated carbocycles. The first kappa shape index (κ1) is 17.1. The van der Waals surface area contributed by atoms with Gasteiger partial charge in [0, 0.05) is 10.6 Å². The molecular formula is C19H20ClNO2. The summed E-state index contributed by atoms with van der Waals surface area (Å²) in [5.41, 5.74) is 4.24. The lowest BCUT2D eigenvalue weighted by Gasteiger charge is -2.09. The van der Waals surface area contributed by atoms with E-state index in [9.17, 15) is 0 Å². The third kappa shape index (κ3) is 4.86. The van der Waals surface area contributed by atoms with Crippen LogP contribution in [0.3, 0.4) is 0 Å². The molecule has 0 radical (unpaired) electrons. The molecule has 0 bridgehead atoms. The molecule has 0 aliphatic heterocycles. The lowest BCUT2D eigenvalue weighted by molar-refractivity contribution is 0.130. The van der Waals surface area contributed by atoms with Gasteiger partial charge in [-0.2, -0.15) is 0 Å². The van der Waals surface area contributed by atoms with Gasteiger partial charge in [0.1, 0.15) is 12.4 Å². The van der Waals surface area contributed by atoms with Crippen molar-refractivity contribution in [1.29, 1.82) is 0 Å². The second kappa shape index (κ2) is 8.39. The number of rotatable bonds is 6. The van der Waals surface area contributed by atoms with Crippen LogP contribution in [0.15, 0.2) is 53.7 Å². The molecule has 120 valence electrons. The van der Waals surface area contributed by atoms with Gasteiger partial charge in [-0.15, -0.1) is 0 Å². The van der Waals surface area contributed by atoms with Gasteiger partial charge < -0.3 is 9.57 Å². The molecule has 0 aliphatic rings. The van der Waals surface area contributed by atoms with Crippen LogP contribution in [0.4, 0.5) is 0 Å². The molecule has 2 aromatic rings. The number of aryl methyl sites for hydroxylation is 1. The van der Waals surface area contributed by atoms with Crippen LogP contribution in [0.2, 0.25) is 5.02 Å². The fourth-order valence-corrected chi connectivity index (χ4v) is 2.35. The molecule has 2 aromatic carbocycles. The summed E-state index contributed by atoms with van der Waals surface area (Å²) in [5.74, 6) is 0.843. The van der Waals surface area contributed by atoms with E-state index in [-0.39, 0.29) is 0 Å². The van der Waals surface area contributed by atoms with E-state index in [4.69, 9.17) is 21.2 Å². The van der Waals surface area contributed by atoms with Gasteiger partial charge in [0.25, 0.3) is 0 Å². The molecule has 0 aromatic heterocycles. The maximum atomic E-state index is 5.88. The summed E-state index contributed by atoms with van der Waals surface area (Å²) >= 11 is 5.88. The first-order valence-corrected chi connectivity index (χ1v) is 7.70. The quantitative estimate of drug-likeness (QED) is 0.534. The molecule has 0 N–H and O–H groups in total. The van der Waals surface area contributed by atoms with Crippen LogP contribution in [-0.4, -0.2) is 13.3 Å². The van der Waals surface area contributed by atoms with Crippen LogP contribution in [0, 0.1) is 6.92 Å². The van der Waals surface area contributed by atoms with E-state index in [2.05, 4.69) is 5.16 Å². The van der Waals surface area contributed by atoms with Gasteiger partial charge in [0.15, 0.2) is 0 Å². The Morgan fingerprint density at radius 3 is 2.61 bits per heavy atom. The summed E-state index contributed by atoms with van der Waals surface area (Å²) in [7, 11) is 1.66. The van der Waals surface area contributed by atoms with Gasteiger partial charge >= 0.3 is 0 Å². The van der Waals surface area contributed by atoms with Crippen molar-refractivity contribution in [3.05, 3.63) is 70.3 Å². The van der Waals surface area contributed by atoms with Crippen LogP contribution >= 0.6 is 11.6 Å². The SMILES string of the molecule is COc1c(C)cccc1CON=CC=C(C)c1ccc(Cl)cc1. The van der Waals surface area contributed by atoms with E-state index >= 15 is 0 Å². The van der Waals surface area contributed by atoms with E-state index in [0.717, 1.165) is 33.0 Å². The van der Waals surface area contributed by atoms with Crippen molar-refractivity contribution in [3.8, 4) is 5.75 Å². The van der Waals surface area contributed by atoms with E-state index < -0.39 is 0 Å². The Kier molecular flexibility index (Phi) is 6.24. The first-order valence-electron chi connectivity index (χ1n) is 7.32. The molecule has 3 nitrogen and oxygen atoms in total. The number of ether oxygens (including phenoxy) is 1. The van der Waals surface area contributed by atoms with Gasteiger partial charge in [-0.1, -0.05) is 47.1 Å². The number of allylic oxidation sites excluding steroid dienone is 2. The zero-order valence-corrected chi connectivity index (χ0v) is 14.3. The van der Waals surface area contributed by atoms with Crippen molar-refractivity contribution in [1.82, 2.24) is 0 Å². The fourth-order valence-electron chi connectivity index (χ4n) is 2.22. The van der Waals surface area contributed by atoms with Crippen molar-refractivity contribution in [3.63, 3.8) is 0 Å². The van der Waals surface area contributed by atoms with Gasteiger partial charge in [0.05, 0.1) is 13.3 Å². The van der Waals surface area contributed by atoms with Crippen LogP contribution < -0.4 is 4.74 Å². The van der Waals surface area contributed by atoms with Gasteiger partial charge in [-0.05, 0) is 48.8 Å². The standard InChI is InChI=1S/C19H20ClNO2/c1-14(16-7-9-18(20)10-8-16)11-12-21-23-13-17-6-4-5-15(2)19(17)22-3/h4-12H,13H2,1-3H3. The van der Waals surface area contributed by atoms with Crippen LogP contribution in [-0.2, 0) is 11.4 Å². The summed E-state index contributed by atoms with van der Waals surface area (Å²) in [6.45, 7) is 4.39. The molecule has 0 unspecified atom stereocenters.